The van der Waals surface area contributed by atoms with Crippen LogP contribution in [0, 0.1) is 0 Å². The molecule has 12 nitrogen and oxygen atoms in total. The van der Waals surface area contributed by atoms with Gasteiger partial charge in [0.15, 0.2) is 23.0 Å². The largest absolute Gasteiger partial charge is 0.493 e. The lowest BCUT2D eigenvalue weighted by Gasteiger charge is -2.14. The van der Waals surface area contributed by atoms with Gasteiger partial charge in [-0.1, -0.05) is 0 Å². The molecule has 3 aromatic heterocycles. The van der Waals surface area contributed by atoms with E-state index in [2.05, 4.69) is 45.5 Å². The van der Waals surface area contributed by atoms with Crippen molar-refractivity contribution in [3.8, 4) is 17.2 Å². The van der Waals surface area contributed by atoms with Crippen LogP contribution in [0.3, 0.4) is 0 Å². The average Bonchev–Trinajstić information content (AvgIpc) is 3.23. The van der Waals surface area contributed by atoms with E-state index in [4.69, 9.17) is 14.2 Å². The number of aromatic nitrogens is 7. The van der Waals surface area contributed by atoms with Crippen molar-refractivity contribution in [1.29, 1.82) is 0 Å². The molecule has 3 N–H and O–H groups in total. The van der Waals surface area contributed by atoms with Gasteiger partial charge >= 0.3 is 0 Å². The van der Waals surface area contributed by atoms with Gasteiger partial charge in [0.1, 0.15) is 18.2 Å². The van der Waals surface area contributed by atoms with E-state index in [1.165, 1.54) is 19.0 Å². The molecule has 0 amide bonds. The molecule has 0 atom stereocenters. The highest BCUT2D eigenvalue weighted by atomic mass is 16.5. The van der Waals surface area contributed by atoms with Gasteiger partial charge in [0.05, 0.1) is 27.7 Å². The molecule has 3 heterocycles. The summed E-state index contributed by atoms with van der Waals surface area (Å²) in [6.07, 6.45) is 4.32. The van der Waals surface area contributed by atoms with Crippen molar-refractivity contribution in [2.24, 2.45) is 0 Å². The van der Waals surface area contributed by atoms with Gasteiger partial charge in [-0.2, -0.15) is 4.98 Å². The lowest BCUT2D eigenvalue weighted by molar-refractivity contribution is 0.324. The van der Waals surface area contributed by atoms with Crippen LogP contribution < -0.4 is 24.8 Å². The molecule has 148 valence electrons. The van der Waals surface area contributed by atoms with Gasteiger partial charge in [-0.05, 0) is 0 Å². The molecular weight excluding hydrogens is 378 g/mol. The molecule has 29 heavy (non-hydrogen) atoms. The lowest BCUT2D eigenvalue weighted by Crippen LogP contribution is -2.05. The first-order valence-corrected chi connectivity index (χ1v) is 8.39. The number of rotatable bonds is 7. The third-order valence-corrected chi connectivity index (χ3v) is 3.95. The second-order valence-electron chi connectivity index (χ2n) is 5.62. The number of aromatic amines is 1. The molecule has 0 bridgehead atoms. The molecule has 0 aliphatic rings. The van der Waals surface area contributed by atoms with Gasteiger partial charge in [0.25, 0.3) is 0 Å². The number of hydrogen-bond donors (Lipinski definition) is 3. The van der Waals surface area contributed by atoms with Crippen LogP contribution in [-0.4, -0.2) is 56.2 Å². The minimum atomic E-state index is 0.296. The van der Waals surface area contributed by atoms with Gasteiger partial charge in [-0.3, -0.25) is 0 Å². The molecule has 0 saturated heterocycles. The first kappa shape index (κ1) is 18.2. The van der Waals surface area contributed by atoms with Crippen molar-refractivity contribution in [2.45, 2.75) is 0 Å². The highest BCUT2D eigenvalue weighted by molar-refractivity contribution is 5.83. The third kappa shape index (κ3) is 3.63. The number of methoxy groups -OCH3 is 3. The number of fused-ring (bicyclic) bond motifs is 1. The smallest absolute Gasteiger partial charge is 0.233 e. The normalized spacial score (nSPS) is 10.6. The van der Waals surface area contributed by atoms with E-state index in [1.807, 2.05) is 0 Å². The van der Waals surface area contributed by atoms with Gasteiger partial charge in [-0.25, -0.2) is 24.9 Å². The zero-order chi connectivity index (χ0) is 20.2. The monoisotopic (exact) mass is 395 g/mol. The standard InChI is InChI=1S/C17H17N9O3/c1-27-10-4-9(5-11(28-2)13(10)29-3)24-16-22-8-23-17(26-16)25-15-12-14(19-6-18-12)20-7-21-15/h4-8H,1-3H3,(H3,18,19,20,21,22,23,24,25,26). The summed E-state index contributed by atoms with van der Waals surface area (Å²) >= 11 is 0. The fraction of sp³-hybridized carbons (Fsp3) is 0.176. The Morgan fingerprint density at radius 1 is 0.793 bits per heavy atom. The molecule has 0 unspecified atom stereocenters. The highest BCUT2D eigenvalue weighted by Gasteiger charge is 2.14. The summed E-state index contributed by atoms with van der Waals surface area (Å²) in [5, 5.41) is 6.12. The summed E-state index contributed by atoms with van der Waals surface area (Å²) in [6.45, 7) is 0. The number of nitrogens with one attached hydrogen (secondary N) is 3. The molecule has 12 heteroatoms. The van der Waals surface area contributed by atoms with Crippen LogP contribution in [0.2, 0.25) is 0 Å². The Morgan fingerprint density at radius 3 is 2.17 bits per heavy atom. The second-order valence-corrected chi connectivity index (χ2v) is 5.62. The van der Waals surface area contributed by atoms with E-state index < -0.39 is 0 Å². The molecule has 0 aliphatic heterocycles. The Kier molecular flexibility index (Phi) is 4.88. The van der Waals surface area contributed by atoms with Crippen molar-refractivity contribution < 1.29 is 14.2 Å². The fourth-order valence-corrected chi connectivity index (χ4v) is 2.66. The number of ether oxygens (including phenoxy) is 3. The van der Waals surface area contributed by atoms with Crippen molar-refractivity contribution in [3.05, 3.63) is 31.1 Å². The minimum absolute atomic E-state index is 0.296. The van der Waals surface area contributed by atoms with E-state index in [9.17, 15) is 0 Å². The lowest BCUT2D eigenvalue weighted by atomic mass is 10.2. The highest BCUT2D eigenvalue weighted by Crippen LogP contribution is 2.40. The zero-order valence-electron chi connectivity index (χ0n) is 15.8. The minimum Gasteiger partial charge on any atom is -0.493 e. The van der Waals surface area contributed by atoms with Gasteiger partial charge in [-0.15, -0.1) is 0 Å². The Hall–Kier alpha value is -4.22. The number of benzene rings is 1. The topological polar surface area (TPSA) is 145 Å². The summed E-state index contributed by atoms with van der Waals surface area (Å²) in [5.41, 5.74) is 1.83. The molecular formula is C17H17N9O3. The first-order valence-electron chi connectivity index (χ1n) is 8.39. The number of hydrogen-bond acceptors (Lipinski definition) is 11. The van der Waals surface area contributed by atoms with Crippen LogP contribution in [0.4, 0.5) is 23.4 Å². The number of nitrogens with zero attached hydrogens (tertiary/aromatic N) is 6. The van der Waals surface area contributed by atoms with Crippen LogP contribution >= 0.6 is 0 Å². The predicted octanol–water partition coefficient (Wildman–Crippen LogP) is 2.05. The molecule has 4 aromatic rings. The summed E-state index contributed by atoms with van der Waals surface area (Å²) in [4.78, 5) is 28.0. The van der Waals surface area contributed by atoms with Crippen LogP contribution in [-0.2, 0) is 0 Å². The van der Waals surface area contributed by atoms with E-state index in [0.717, 1.165) is 0 Å². The molecule has 0 radical (unpaired) electrons. The van der Waals surface area contributed by atoms with E-state index >= 15 is 0 Å². The van der Waals surface area contributed by atoms with Gasteiger partial charge < -0.3 is 29.8 Å². The van der Waals surface area contributed by atoms with Gasteiger partial charge in [0.2, 0.25) is 17.6 Å². The molecule has 1 aromatic carbocycles. The fourth-order valence-electron chi connectivity index (χ4n) is 2.66. The Balaban J connectivity index is 1.60. The van der Waals surface area contributed by atoms with Crippen molar-refractivity contribution >= 4 is 34.6 Å². The molecule has 0 saturated carbocycles. The second kappa shape index (κ2) is 7.80. The molecule has 0 spiro atoms. The van der Waals surface area contributed by atoms with E-state index in [0.29, 0.717) is 51.8 Å². The Morgan fingerprint density at radius 2 is 1.48 bits per heavy atom. The summed E-state index contributed by atoms with van der Waals surface area (Å²) in [7, 11) is 4.63. The van der Waals surface area contributed by atoms with Gasteiger partial charge in [0, 0.05) is 17.8 Å². The SMILES string of the molecule is COc1cc(Nc2ncnc(Nc3ncnc4nc[nH]c34)n2)cc(OC)c1OC. The Labute approximate surface area is 164 Å². The summed E-state index contributed by atoms with van der Waals surface area (Å²) in [5.74, 6) is 2.60. The quantitative estimate of drug-likeness (QED) is 0.422. The predicted molar refractivity (Wildman–Crippen MR) is 104 cm³/mol. The molecule has 4 rings (SSSR count). The van der Waals surface area contributed by atoms with E-state index in [1.54, 1.807) is 33.5 Å². The van der Waals surface area contributed by atoms with Crippen molar-refractivity contribution in [2.75, 3.05) is 32.0 Å². The first-order chi connectivity index (χ1) is 14.2. The third-order valence-electron chi connectivity index (χ3n) is 3.95. The molecule has 0 fully saturated rings. The maximum absolute atomic E-state index is 5.36. The van der Waals surface area contributed by atoms with Crippen LogP contribution in [0.5, 0.6) is 17.2 Å². The summed E-state index contributed by atoms with van der Waals surface area (Å²) in [6, 6.07) is 3.49. The number of H-pyrrole nitrogens is 1. The van der Waals surface area contributed by atoms with E-state index in [-0.39, 0.29) is 0 Å². The Bertz CT molecular complexity index is 1120. The number of anilines is 4. The average molecular weight is 395 g/mol. The number of imidazole rings is 1. The van der Waals surface area contributed by atoms with Crippen LogP contribution in [0.15, 0.2) is 31.1 Å². The van der Waals surface area contributed by atoms with Crippen molar-refractivity contribution in [1.82, 2.24) is 34.9 Å². The molecule has 0 aliphatic carbocycles. The van der Waals surface area contributed by atoms with Crippen LogP contribution in [0.25, 0.3) is 11.2 Å². The maximum atomic E-state index is 5.36. The zero-order valence-corrected chi connectivity index (χ0v) is 15.8. The summed E-state index contributed by atoms with van der Waals surface area (Å²) < 4.78 is 16.0. The maximum Gasteiger partial charge on any atom is 0.233 e. The van der Waals surface area contributed by atoms with Crippen LogP contribution in [0.1, 0.15) is 0 Å². The van der Waals surface area contributed by atoms with Crippen molar-refractivity contribution in [3.63, 3.8) is 0 Å².